The first-order chi connectivity index (χ1) is 26.6. The lowest BCUT2D eigenvalue weighted by atomic mass is 9.35. The molecule has 9 N–H and O–H groups in total. The molecule has 6 fully saturated rings. The van der Waals surface area contributed by atoms with Gasteiger partial charge in [0, 0.05) is 24.2 Å². The number of rotatable bonds is 13. The number of Topliss-reactive ketones (excluding diaryl/α,β-unsaturated/α-hetero) is 1. The van der Waals surface area contributed by atoms with Crippen molar-refractivity contribution in [2.45, 2.75) is 185 Å². The number of unbranched alkanes of at least 4 members (excludes halogenated alkanes) is 3. The Morgan fingerprint density at radius 3 is 2.50 bits per heavy atom. The minimum Gasteiger partial charge on any atom is -0.391 e. The highest BCUT2D eigenvalue weighted by Gasteiger charge is 2.78. The molecule has 2 aliphatic heterocycles. The average Bonchev–Trinajstić information content (AvgIpc) is 3.69. The van der Waals surface area contributed by atoms with Crippen LogP contribution in [-0.2, 0) is 9.53 Å². The number of hydrogen-bond donors (Lipinski definition) is 8. The smallest absolute Gasteiger partial charge is 0.184 e. The van der Waals surface area contributed by atoms with Crippen LogP contribution < -0.4 is 11.1 Å². The fourth-order valence-corrected chi connectivity index (χ4v) is 14.0. The van der Waals surface area contributed by atoms with E-state index in [0.29, 0.717) is 57.0 Å². The summed E-state index contributed by atoms with van der Waals surface area (Å²) in [7, 11) is 0. The summed E-state index contributed by atoms with van der Waals surface area (Å²) in [5, 5.41) is 75.6. The average molecular weight is 784 g/mol. The molecule has 11 nitrogen and oxygen atoms in total. The maximum Gasteiger partial charge on any atom is 0.184 e. The fourth-order valence-electron chi connectivity index (χ4n) is 14.0. The first-order valence-electron chi connectivity index (χ1n) is 22.4. The summed E-state index contributed by atoms with van der Waals surface area (Å²) in [6.45, 7) is 9.01. The van der Waals surface area contributed by atoms with Gasteiger partial charge in [-0.25, -0.2) is 0 Å². The van der Waals surface area contributed by atoms with Crippen LogP contribution in [0.5, 0.6) is 0 Å². The number of carbonyl (C=O) groups is 1. The SMILES string of the molecule is CCCCCC[C@H]1CO[C@@H]([C@@H](O)[C@](C)(O)[C@@H]2CC[C@]3(O)[C@H]4C(=NC[C@H](C)O)C(=O)[C@]56CC#CC[C@]23CC[C@H]4[C@@]5(CCC2CCC(N)NC2)C[C@H](O)[C@H](O)C6)[C@H]1C. The van der Waals surface area contributed by atoms with Gasteiger partial charge in [0.2, 0.25) is 0 Å². The van der Waals surface area contributed by atoms with E-state index in [-0.39, 0.29) is 55.3 Å². The van der Waals surface area contributed by atoms with Gasteiger partial charge in [-0.15, -0.1) is 11.8 Å². The minimum absolute atomic E-state index is 0.00230. The molecular formula is C45H73N3O8. The Labute approximate surface area is 335 Å². The van der Waals surface area contributed by atoms with Gasteiger partial charge >= 0.3 is 0 Å². The maximum absolute atomic E-state index is 15.6. The summed E-state index contributed by atoms with van der Waals surface area (Å²) in [4.78, 5) is 20.5. The highest BCUT2D eigenvalue weighted by atomic mass is 16.5. The normalized spacial score (nSPS) is 47.5. The van der Waals surface area contributed by atoms with E-state index in [1.54, 1.807) is 13.8 Å². The predicted octanol–water partition coefficient (Wildman–Crippen LogP) is 3.63. The Bertz CT molecular complexity index is 1520. The molecular weight excluding hydrogens is 711 g/mol. The molecule has 2 spiro atoms. The van der Waals surface area contributed by atoms with Gasteiger partial charge in [0.1, 0.15) is 6.10 Å². The number of aliphatic hydroxyl groups excluding tert-OH is 4. The zero-order valence-electron chi connectivity index (χ0n) is 34.6. The molecule has 2 heterocycles. The molecule has 4 saturated carbocycles. The fraction of sp³-hybridized carbons (Fsp3) is 0.911. The summed E-state index contributed by atoms with van der Waals surface area (Å²) in [5.41, 5.74) is 0.473. The Hall–Kier alpha value is -1.46. The van der Waals surface area contributed by atoms with Crippen LogP contribution in [0.3, 0.4) is 0 Å². The molecule has 2 unspecified atom stereocenters. The summed E-state index contributed by atoms with van der Waals surface area (Å²) in [5.74, 6) is 5.82. The first kappa shape index (κ1) is 42.7. The second-order valence-corrected chi connectivity index (χ2v) is 20.1. The zero-order valence-corrected chi connectivity index (χ0v) is 34.6. The van der Waals surface area contributed by atoms with E-state index in [9.17, 15) is 30.6 Å². The third-order valence-corrected chi connectivity index (χ3v) is 17.2. The number of carbonyl (C=O) groups excluding carboxylic acids is 1. The lowest BCUT2D eigenvalue weighted by Gasteiger charge is -2.69. The van der Waals surface area contributed by atoms with E-state index in [1.165, 1.54) is 19.3 Å². The van der Waals surface area contributed by atoms with Crippen molar-refractivity contribution >= 4 is 11.5 Å². The maximum atomic E-state index is 15.6. The predicted molar refractivity (Wildman–Crippen MR) is 214 cm³/mol. The molecule has 8 aliphatic rings. The number of piperidine rings is 1. The van der Waals surface area contributed by atoms with E-state index in [4.69, 9.17) is 15.5 Å². The number of nitrogens with two attached hydrogens (primary N) is 1. The van der Waals surface area contributed by atoms with Crippen LogP contribution in [0.25, 0.3) is 0 Å². The lowest BCUT2D eigenvalue weighted by Crippen LogP contribution is -2.74. The molecule has 0 aromatic heterocycles. The highest BCUT2D eigenvalue weighted by Crippen LogP contribution is 2.74. The minimum atomic E-state index is -1.63. The summed E-state index contributed by atoms with van der Waals surface area (Å²) >= 11 is 0. The van der Waals surface area contributed by atoms with Gasteiger partial charge in [-0.05, 0) is 126 Å². The van der Waals surface area contributed by atoms with Crippen molar-refractivity contribution in [3.8, 4) is 11.8 Å². The van der Waals surface area contributed by atoms with Crippen LogP contribution in [-0.4, -0.2) is 110 Å². The number of hydrogen-bond acceptors (Lipinski definition) is 11. The molecule has 11 heteroatoms. The Kier molecular flexibility index (Phi) is 12.3. The monoisotopic (exact) mass is 784 g/mol. The molecule has 0 amide bonds. The molecule has 56 heavy (non-hydrogen) atoms. The van der Waals surface area contributed by atoms with Crippen LogP contribution in [0, 0.1) is 63.6 Å². The van der Waals surface area contributed by atoms with E-state index in [2.05, 4.69) is 31.0 Å². The quantitative estimate of drug-likeness (QED) is 0.101. The summed E-state index contributed by atoms with van der Waals surface area (Å²) in [6.07, 6.45) is 6.90. The van der Waals surface area contributed by atoms with Crippen molar-refractivity contribution in [1.82, 2.24) is 5.32 Å². The topological polar surface area (TPSA) is 198 Å². The van der Waals surface area contributed by atoms with Crippen molar-refractivity contribution in [2.75, 3.05) is 19.7 Å². The highest BCUT2D eigenvalue weighted by molar-refractivity contribution is 6.44. The van der Waals surface area contributed by atoms with Gasteiger partial charge in [0.25, 0.3) is 0 Å². The van der Waals surface area contributed by atoms with Gasteiger partial charge in [0.15, 0.2) is 5.78 Å². The van der Waals surface area contributed by atoms with E-state index < -0.39 is 69.8 Å². The number of fused-ring (bicyclic) bond motifs is 4. The second kappa shape index (κ2) is 16.2. The van der Waals surface area contributed by atoms with Crippen LogP contribution in [0.15, 0.2) is 4.99 Å². The molecule has 17 atom stereocenters. The third kappa shape index (κ3) is 6.77. The standard InChI is InChI=1S/C45H73N3O8/c1-5-6-7-8-11-30-26-56-38(28(30)3)40(53)41(4,54)34-16-21-45(55)36-31-15-20-42(34,45)17-9-10-18-44(39(52)37(36)48-24-27(2)49)23-33(51)32(50)22-43(31,44)19-14-29-12-13-35(46)47-25-29/h27-36,38,40,47,49-51,53-55H,5-8,11-26,46H2,1-4H3/t27-,28-,29?,30-,31+,32-,33+,34-,35?,36+,38+,40+,41+,42-,43+,44+,45-/m0/s1. The number of aliphatic imine (C=N–C) groups is 1. The number of ether oxygens (including phenoxy) is 1. The Balaban J connectivity index is 1.29. The lowest BCUT2D eigenvalue weighted by molar-refractivity contribution is -0.240. The molecule has 0 radical (unpaired) electrons. The summed E-state index contributed by atoms with van der Waals surface area (Å²) < 4.78 is 6.33. The van der Waals surface area contributed by atoms with E-state index in [0.717, 1.165) is 38.6 Å². The molecule has 2 saturated heterocycles. The van der Waals surface area contributed by atoms with Crippen molar-refractivity contribution < 1.29 is 40.2 Å². The van der Waals surface area contributed by atoms with Gasteiger partial charge in [-0.3, -0.25) is 9.79 Å². The zero-order chi connectivity index (χ0) is 40.3. The van der Waals surface area contributed by atoms with Gasteiger partial charge in [0.05, 0.1) is 66.1 Å². The van der Waals surface area contributed by atoms with Crippen LogP contribution in [0.4, 0.5) is 0 Å². The Morgan fingerprint density at radius 1 is 1.04 bits per heavy atom. The first-order valence-corrected chi connectivity index (χ1v) is 22.4. The largest absolute Gasteiger partial charge is 0.391 e. The number of aliphatic hydroxyl groups is 6. The van der Waals surface area contributed by atoms with Gasteiger partial charge < -0.3 is 46.4 Å². The second-order valence-electron chi connectivity index (χ2n) is 20.1. The molecule has 0 aromatic rings. The molecule has 6 aliphatic carbocycles. The molecule has 316 valence electrons. The number of ketones is 1. The van der Waals surface area contributed by atoms with Crippen LogP contribution in [0.2, 0.25) is 0 Å². The summed E-state index contributed by atoms with van der Waals surface area (Å²) in [6, 6.07) is 0. The Morgan fingerprint density at radius 2 is 1.79 bits per heavy atom. The van der Waals surface area contributed by atoms with Crippen molar-refractivity contribution in [1.29, 1.82) is 0 Å². The third-order valence-electron chi connectivity index (χ3n) is 17.2. The molecule has 8 rings (SSSR count). The van der Waals surface area contributed by atoms with Crippen molar-refractivity contribution in [2.24, 2.45) is 62.5 Å². The van der Waals surface area contributed by atoms with Gasteiger partial charge in [-0.2, -0.15) is 0 Å². The molecule has 4 bridgehead atoms. The van der Waals surface area contributed by atoms with Crippen molar-refractivity contribution in [3.63, 3.8) is 0 Å². The van der Waals surface area contributed by atoms with Gasteiger partial charge in [-0.1, -0.05) is 39.5 Å². The van der Waals surface area contributed by atoms with E-state index >= 15 is 4.79 Å². The molecule has 0 aromatic carbocycles. The van der Waals surface area contributed by atoms with Crippen molar-refractivity contribution in [3.05, 3.63) is 0 Å². The number of nitrogens with one attached hydrogen (secondary N) is 1. The van der Waals surface area contributed by atoms with Crippen LogP contribution >= 0.6 is 0 Å². The van der Waals surface area contributed by atoms with E-state index in [1.807, 2.05) is 0 Å². The van der Waals surface area contributed by atoms with Crippen LogP contribution in [0.1, 0.15) is 137 Å². The number of nitrogens with zero attached hydrogens (tertiary/aromatic N) is 1.